The Morgan fingerprint density at radius 2 is 2.36 bits per heavy atom. The first-order valence-corrected chi connectivity index (χ1v) is 5.10. The largest absolute Gasteiger partial charge is 0.389 e. The SMILES string of the molecule is C=C/C(CC)=c1/c(C#N)c(N)sc1=C. The average molecular weight is 204 g/mol. The van der Waals surface area contributed by atoms with Gasteiger partial charge in [-0.15, -0.1) is 11.3 Å². The molecule has 72 valence electrons. The molecule has 14 heavy (non-hydrogen) atoms. The molecule has 0 aliphatic carbocycles. The summed E-state index contributed by atoms with van der Waals surface area (Å²) in [5, 5.41) is 10.4. The van der Waals surface area contributed by atoms with Crippen molar-refractivity contribution in [3.8, 4) is 6.07 Å². The zero-order chi connectivity index (χ0) is 10.7. The highest BCUT2D eigenvalue weighted by Crippen LogP contribution is 2.11. The molecular weight excluding hydrogens is 192 g/mol. The van der Waals surface area contributed by atoms with Crippen molar-refractivity contribution in [1.82, 2.24) is 0 Å². The molecular formula is C11H12N2S. The first-order chi connectivity index (χ1) is 6.65. The normalized spacial score (nSPS) is 12.0. The predicted octanol–water partition coefficient (Wildman–Crippen LogP) is 1.36. The summed E-state index contributed by atoms with van der Waals surface area (Å²) in [6.45, 7) is 9.63. The number of anilines is 1. The lowest BCUT2D eigenvalue weighted by atomic mass is 10.1. The van der Waals surface area contributed by atoms with Crippen molar-refractivity contribution in [1.29, 1.82) is 5.26 Å². The van der Waals surface area contributed by atoms with E-state index in [4.69, 9.17) is 11.0 Å². The van der Waals surface area contributed by atoms with Crippen LogP contribution in [0, 0.1) is 11.3 Å². The van der Waals surface area contributed by atoms with Crippen LogP contribution >= 0.6 is 11.3 Å². The second-order valence-electron chi connectivity index (χ2n) is 2.83. The van der Waals surface area contributed by atoms with E-state index in [1.54, 1.807) is 6.08 Å². The van der Waals surface area contributed by atoms with Gasteiger partial charge in [0.15, 0.2) is 0 Å². The molecule has 2 nitrogen and oxygen atoms in total. The molecule has 0 radical (unpaired) electrons. The number of hydrogen-bond donors (Lipinski definition) is 1. The van der Waals surface area contributed by atoms with Crippen LogP contribution in [0.4, 0.5) is 5.00 Å². The van der Waals surface area contributed by atoms with Crippen LogP contribution in [0.15, 0.2) is 12.7 Å². The van der Waals surface area contributed by atoms with Crippen molar-refractivity contribution < 1.29 is 0 Å². The highest BCUT2D eigenvalue weighted by Gasteiger charge is 2.06. The van der Waals surface area contributed by atoms with E-state index < -0.39 is 0 Å². The molecule has 0 amide bonds. The fourth-order valence-corrected chi connectivity index (χ4v) is 2.22. The Hall–Kier alpha value is -1.53. The number of rotatable bonds is 2. The summed E-state index contributed by atoms with van der Waals surface area (Å²) < 4.78 is 0.843. The van der Waals surface area contributed by atoms with Gasteiger partial charge in [-0.25, -0.2) is 0 Å². The molecule has 0 fully saturated rings. The molecule has 0 unspecified atom stereocenters. The Morgan fingerprint density at radius 3 is 2.79 bits per heavy atom. The molecule has 1 rings (SSSR count). The first-order valence-electron chi connectivity index (χ1n) is 4.28. The monoisotopic (exact) mass is 204 g/mol. The Kier molecular flexibility index (Phi) is 3.10. The second kappa shape index (κ2) is 4.12. The van der Waals surface area contributed by atoms with Crippen molar-refractivity contribution in [2.45, 2.75) is 13.3 Å². The molecule has 0 saturated heterocycles. The van der Waals surface area contributed by atoms with Crippen molar-refractivity contribution in [3.63, 3.8) is 0 Å². The lowest BCUT2D eigenvalue weighted by Crippen LogP contribution is -2.22. The first kappa shape index (κ1) is 10.6. The van der Waals surface area contributed by atoms with Crippen molar-refractivity contribution in [2.24, 2.45) is 0 Å². The number of nitrogen functional groups attached to an aromatic ring is 1. The minimum atomic E-state index is 0.539. The van der Waals surface area contributed by atoms with Gasteiger partial charge in [0, 0.05) is 9.75 Å². The van der Waals surface area contributed by atoms with Crippen LogP contribution in [0.2, 0.25) is 0 Å². The summed E-state index contributed by atoms with van der Waals surface area (Å²) in [5.74, 6) is 0. The number of nitrogens with zero attached hydrogens (tertiary/aromatic N) is 1. The Balaban J connectivity index is 3.81. The standard InChI is InChI=1S/C11H12N2S/c1-4-8(5-2)10-7(3)14-11(13)9(10)6-12/h4H,1,3,5,13H2,2H3/b10-8-. The zero-order valence-corrected chi connectivity index (χ0v) is 8.95. The van der Waals surface area contributed by atoms with Gasteiger partial charge in [-0.3, -0.25) is 0 Å². The number of thiophene rings is 1. The van der Waals surface area contributed by atoms with Crippen LogP contribution in [-0.4, -0.2) is 0 Å². The van der Waals surface area contributed by atoms with Gasteiger partial charge in [0.05, 0.1) is 5.56 Å². The van der Waals surface area contributed by atoms with Crippen molar-refractivity contribution in [2.75, 3.05) is 5.73 Å². The van der Waals surface area contributed by atoms with Crippen LogP contribution in [0.1, 0.15) is 18.9 Å². The predicted molar refractivity (Wildman–Crippen MR) is 62.1 cm³/mol. The van der Waals surface area contributed by atoms with Crippen LogP contribution in [0.25, 0.3) is 12.2 Å². The summed E-state index contributed by atoms with van der Waals surface area (Å²) in [5.41, 5.74) is 7.27. The summed E-state index contributed by atoms with van der Waals surface area (Å²) in [6, 6.07) is 2.11. The fraction of sp³-hybridized carbons (Fsp3) is 0.182. The van der Waals surface area contributed by atoms with Gasteiger partial charge in [0.1, 0.15) is 11.1 Å². The van der Waals surface area contributed by atoms with Gasteiger partial charge in [0.25, 0.3) is 0 Å². The van der Waals surface area contributed by atoms with E-state index >= 15 is 0 Å². The maximum atomic E-state index is 8.95. The van der Waals surface area contributed by atoms with Crippen molar-refractivity contribution >= 4 is 28.5 Å². The quantitative estimate of drug-likeness (QED) is 0.790. The van der Waals surface area contributed by atoms with Gasteiger partial charge < -0.3 is 5.73 Å². The topological polar surface area (TPSA) is 49.8 Å². The van der Waals surface area contributed by atoms with Gasteiger partial charge >= 0.3 is 0 Å². The van der Waals surface area contributed by atoms with Gasteiger partial charge in [-0.05, 0) is 12.0 Å². The smallest absolute Gasteiger partial charge is 0.105 e. The number of nitrogens with two attached hydrogens (primary N) is 1. The summed E-state index contributed by atoms with van der Waals surface area (Å²) in [6.07, 6.45) is 2.59. The number of nitriles is 1. The highest BCUT2D eigenvalue weighted by molar-refractivity contribution is 7.14. The van der Waals surface area contributed by atoms with Crippen LogP contribution < -0.4 is 15.5 Å². The third-order valence-electron chi connectivity index (χ3n) is 2.07. The van der Waals surface area contributed by atoms with Crippen LogP contribution in [-0.2, 0) is 0 Å². The lowest BCUT2D eigenvalue weighted by Gasteiger charge is -1.94. The van der Waals surface area contributed by atoms with E-state index in [9.17, 15) is 0 Å². The molecule has 0 aliphatic heterocycles. The molecule has 0 aliphatic rings. The molecule has 1 heterocycles. The molecule has 0 atom stereocenters. The minimum Gasteiger partial charge on any atom is -0.389 e. The molecule has 1 aromatic rings. The Labute approximate surface area is 87.3 Å². The average Bonchev–Trinajstić information content (AvgIpc) is 2.44. The van der Waals surface area contributed by atoms with E-state index in [2.05, 4.69) is 19.2 Å². The fourth-order valence-electron chi connectivity index (χ4n) is 1.37. The van der Waals surface area contributed by atoms with E-state index in [-0.39, 0.29) is 0 Å². The third-order valence-corrected chi connectivity index (χ3v) is 2.94. The van der Waals surface area contributed by atoms with Crippen LogP contribution in [0.5, 0.6) is 0 Å². The summed E-state index contributed by atoms with van der Waals surface area (Å²) in [4.78, 5) is 0. The second-order valence-corrected chi connectivity index (χ2v) is 3.97. The van der Waals surface area contributed by atoms with Crippen LogP contribution in [0.3, 0.4) is 0 Å². The third kappa shape index (κ3) is 1.57. The molecule has 0 bridgehead atoms. The van der Waals surface area contributed by atoms with Gasteiger partial charge in [0.2, 0.25) is 0 Å². The molecule has 0 saturated carbocycles. The number of allylic oxidation sites excluding steroid dienone is 1. The van der Waals surface area contributed by atoms with E-state index in [1.807, 2.05) is 6.92 Å². The maximum absolute atomic E-state index is 8.95. The molecule has 3 heteroatoms. The Bertz CT molecular complexity index is 503. The highest BCUT2D eigenvalue weighted by atomic mass is 32.1. The number of hydrogen-bond acceptors (Lipinski definition) is 3. The van der Waals surface area contributed by atoms with Gasteiger partial charge in [-0.1, -0.05) is 26.2 Å². The lowest BCUT2D eigenvalue weighted by molar-refractivity contribution is 1.24. The molecule has 0 spiro atoms. The zero-order valence-electron chi connectivity index (χ0n) is 8.13. The Morgan fingerprint density at radius 1 is 1.71 bits per heavy atom. The minimum absolute atomic E-state index is 0.539. The van der Waals surface area contributed by atoms with E-state index in [0.29, 0.717) is 10.6 Å². The summed E-state index contributed by atoms with van der Waals surface area (Å²) in [7, 11) is 0. The summed E-state index contributed by atoms with van der Waals surface area (Å²) >= 11 is 1.36. The van der Waals surface area contributed by atoms with E-state index in [1.165, 1.54) is 11.3 Å². The maximum Gasteiger partial charge on any atom is 0.105 e. The van der Waals surface area contributed by atoms with E-state index in [0.717, 1.165) is 21.7 Å². The van der Waals surface area contributed by atoms with Crippen molar-refractivity contribution in [3.05, 3.63) is 28.0 Å². The molecule has 1 aromatic heterocycles. The molecule has 2 N–H and O–H groups in total. The molecule has 0 aromatic carbocycles. The van der Waals surface area contributed by atoms with Gasteiger partial charge in [-0.2, -0.15) is 5.26 Å².